The van der Waals surface area contributed by atoms with Crippen LogP contribution >= 0.6 is 0 Å². The van der Waals surface area contributed by atoms with Crippen LogP contribution in [0.1, 0.15) is 12.5 Å². The van der Waals surface area contributed by atoms with Crippen molar-refractivity contribution in [2.45, 2.75) is 20.0 Å². The summed E-state index contributed by atoms with van der Waals surface area (Å²) in [7, 11) is 0. The zero-order chi connectivity index (χ0) is 22.7. The van der Waals surface area contributed by atoms with Gasteiger partial charge in [-0.05, 0) is 13.0 Å². The van der Waals surface area contributed by atoms with Crippen molar-refractivity contribution >= 4 is 23.2 Å². The molecule has 0 N–H and O–H groups in total. The van der Waals surface area contributed by atoms with Gasteiger partial charge in [0, 0.05) is 31.7 Å². The fraction of sp³-hybridized carbons (Fsp3) is 0.400. The van der Waals surface area contributed by atoms with Gasteiger partial charge in [0.15, 0.2) is 11.2 Å². The van der Waals surface area contributed by atoms with Gasteiger partial charge in [0.25, 0.3) is 5.56 Å². The molecule has 0 aliphatic carbocycles. The number of piperazine rings is 1. The maximum absolute atomic E-state index is 13.9. The first-order valence-electron chi connectivity index (χ1n) is 10.2. The standard InChI is InChI=1S/C20H22FN7O4/c1-2-32-20(31)26-9-7-25(8-10-26)16(29)12-27-13-22-18-17(19(27)30)23-24-28(18)11-14-5-3-4-6-15(14)21/h3-6,13H,2,7-12H2,1H3. The van der Waals surface area contributed by atoms with Crippen molar-refractivity contribution in [3.63, 3.8) is 0 Å². The zero-order valence-corrected chi connectivity index (χ0v) is 17.5. The van der Waals surface area contributed by atoms with Crippen LogP contribution in [-0.2, 0) is 22.6 Å². The monoisotopic (exact) mass is 443 g/mol. The number of carbonyl (C=O) groups excluding carboxylic acids is 2. The van der Waals surface area contributed by atoms with Crippen LogP contribution in [0.5, 0.6) is 0 Å². The molecule has 2 aromatic heterocycles. The number of hydrogen-bond acceptors (Lipinski definition) is 7. The Morgan fingerprint density at radius 3 is 2.56 bits per heavy atom. The Hall–Kier alpha value is -3.83. The molecule has 1 aliphatic rings. The summed E-state index contributed by atoms with van der Waals surface area (Å²) in [5, 5.41) is 7.81. The average molecular weight is 443 g/mol. The molecule has 3 heterocycles. The van der Waals surface area contributed by atoms with Gasteiger partial charge in [0.1, 0.15) is 18.7 Å². The molecular formula is C20H22FN7O4. The zero-order valence-electron chi connectivity index (χ0n) is 17.5. The molecule has 0 spiro atoms. The third-order valence-electron chi connectivity index (χ3n) is 5.23. The quantitative estimate of drug-likeness (QED) is 0.563. The Morgan fingerprint density at radius 1 is 1.12 bits per heavy atom. The molecule has 0 saturated carbocycles. The van der Waals surface area contributed by atoms with Crippen LogP contribution in [0.15, 0.2) is 35.4 Å². The van der Waals surface area contributed by atoms with Crippen molar-refractivity contribution in [3.05, 3.63) is 52.3 Å². The highest BCUT2D eigenvalue weighted by atomic mass is 19.1. The molecule has 0 unspecified atom stereocenters. The molecule has 1 aromatic carbocycles. The first-order chi connectivity index (χ1) is 15.5. The van der Waals surface area contributed by atoms with E-state index in [4.69, 9.17) is 4.74 Å². The van der Waals surface area contributed by atoms with E-state index in [2.05, 4.69) is 15.3 Å². The smallest absolute Gasteiger partial charge is 0.409 e. The van der Waals surface area contributed by atoms with Crippen molar-refractivity contribution < 1.29 is 18.7 Å². The van der Waals surface area contributed by atoms with Gasteiger partial charge in [-0.2, -0.15) is 0 Å². The number of ether oxygens (including phenoxy) is 1. The maximum atomic E-state index is 13.9. The number of halogens is 1. The number of nitrogens with zero attached hydrogens (tertiary/aromatic N) is 7. The van der Waals surface area contributed by atoms with Crippen molar-refractivity contribution in [2.75, 3.05) is 32.8 Å². The molecule has 0 bridgehead atoms. The Kier molecular flexibility index (Phi) is 6.10. The van der Waals surface area contributed by atoms with Crippen LogP contribution in [0, 0.1) is 5.82 Å². The van der Waals surface area contributed by atoms with Crippen LogP contribution < -0.4 is 5.56 Å². The molecule has 1 saturated heterocycles. The summed E-state index contributed by atoms with van der Waals surface area (Å²) in [6, 6.07) is 6.25. The molecular weight excluding hydrogens is 421 g/mol. The molecule has 1 fully saturated rings. The fourth-order valence-corrected chi connectivity index (χ4v) is 3.49. The lowest BCUT2D eigenvalue weighted by Gasteiger charge is -2.34. The second-order valence-corrected chi connectivity index (χ2v) is 7.26. The van der Waals surface area contributed by atoms with Crippen LogP contribution in [0.25, 0.3) is 11.2 Å². The van der Waals surface area contributed by atoms with Crippen molar-refractivity contribution in [1.82, 2.24) is 34.3 Å². The van der Waals surface area contributed by atoms with Gasteiger partial charge in [-0.3, -0.25) is 14.2 Å². The SMILES string of the molecule is CCOC(=O)N1CCN(C(=O)Cn2cnc3c(nnn3Cc3ccccc3F)c2=O)CC1. The predicted molar refractivity (Wildman–Crippen MR) is 110 cm³/mol. The molecule has 168 valence electrons. The summed E-state index contributed by atoms with van der Waals surface area (Å²) in [6.45, 7) is 3.31. The number of rotatable bonds is 5. The summed E-state index contributed by atoms with van der Waals surface area (Å²) < 4.78 is 21.4. The molecule has 3 aromatic rings. The summed E-state index contributed by atoms with van der Waals surface area (Å²) in [6.07, 6.45) is 0.863. The lowest BCUT2D eigenvalue weighted by molar-refractivity contribution is -0.133. The van der Waals surface area contributed by atoms with E-state index in [1.165, 1.54) is 21.6 Å². The normalized spacial score (nSPS) is 14.1. The molecule has 12 heteroatoms. The van der Waals surface area contributed by atoms with Gasteiger partial charge >= 0.3 is 6.09 Å². The van der Waals surface area contributed by atoms with Crippen LogP contribution in [0.4, 0.5) is 9.18 Å². The van der Waals surface area contributed by atoms with E-state index in [9.17, 15) is 18.8 Å². The van der Waals surface area contributed by atoms with E-state index < -0.39 is 17.5 Å². The number of carbonyl (C=O) groups is 2. The number of hydrogen-bond donors (Lipinski definition) is 0. The number of amides is 2. The number of fused-ring (bicyclic) bond motifs is 1. The topological polar surface area (TPSA) is 115 Å². The average Bonchev–Trinajstić information content (AvgIpc) is 3.21. The van der Waals surface area contributed by atoms with E-state index in [1.807, 2.05) is 0 Å². The summed E-state index contributed by atoms with van der Waals surface area (Å²) in [4.78, 5) is 44.6. The summed E-state index contributed by atoms with van der Waals surface area (Å²) >= 11 is 0. The van der Waals surface area contributed by atoms with Gasteiger partial charge < -0.3 is 14.5 Å². The predicted octanol–water partition coefficient (Wildman–Crippen LogP) is 0.476. The van der Waals surface area contributed by atoms with Crippen LogP contribution in [0.3, 0.4) is 0 Å². The van der Waals surface area contributed by atoms with E-state index in [0.717, 1.165) is 0 Å². The van der Waals surface area contributed by atoms with Crippen molar-refractivity contribution in [2.24, 2.45) is 0 Å². The van der Waals surface area contributed by atoms with Crippen molar-refractivity contribution in [1.29, 1.82) is 0 Å². The third-order valence-corrected chi connectivity index (χ3v) is 5.23. The second kappa shape index (κ2) is 9.12. The Bertz CT molecular complexity index is 1200. The third kappa shape index (κ3) is 4.29. The van der Waals surface area contributed by atoms with E-state index in [0.29, 0.717) is 38.3 Å². The van der Waals surface area contributed by atoms with Crippen LogP contribution in [0.2, 0.25) is 0 Å². The van der Waals surface area contributed by atoms with E-state index >= 15 is 0 Å². The number of aromatic nitrogens is 5. The summed E-state index contributed by atoms with van der Waals surface area (Å²) in [5.41, 5.74) is 0.101. The lowest BCUT2D eigenvalue weighted by Crippen LogP contribution is -2.51. The minimum atomic E-state index is -0.506. The van der Waals surface area contributed by atoms with Crippen molar-refractivity contribution in [3.8, 4) is 0 Å². The maximum Gasteiger partial charge on any atom is 0.409 e. The molecule has 0 atom stereocenters. The number of benzene rings is 1. The van der Waals surface area contributed by atoms with Gasteiger partial charge in [0.2, 0.25) is 5.91 Å². The highest BCUT2D eigenvalue weighted by Gasteiger charge is 2.25. The fourth-order valence-electron chi connectivity index (χ4n) is 3.49. The Balaban J connectivity index is 1.45. The molecule has 0 radical (unpaired) electrons. The minimum absolute atomic E-state index is 0.00349. The highest BCUT2D eigenvalue weighted by molar-refractivity contribution is 5.77. The first kappa shape index (κ1) is 21.4. The largest absolute Gasteiger partial charge is 0.450 e. The molecule has 2 amide bonds. The summed E-state index contributed by atoms with van der Waals surface area (Å²) in [5.74, 6) is -0.659. The molecule has 11 nitrogen and oxygen atoms in total. The molecule has 32 heavy (non-hydrogen) atoms. The van der Waals surface area contributed by atoms with Gasteiger partial charge in [-0.25, -0.2) is 18.9 Å². The minimum Gasteiger partial charge on any atom is -0.450 e. The van der Waals surface area contributed by atoms with Gasteiger partial charge in [-0.1, -0.05) is 23.4 Å². The van der Waals surface area contributed by atoms with Crippen LogP contribution in [-0.4, -0.2) is 79.1 Å². The van der Waals surface area contributed by atoms with E-state index in [-0.39, 0.29) is 30.2 Å². The molecule has 4 rings (SSSR count). The second-order valence-electron chi connectivity index (χ2n) is 7.26. The van der Waals surface area contributed by atoms with Gasteiger partial charge in [-0.15, -0.1) is 5.10 Å². The molecule has 1 aliphatic heterocycles. The Labute approximate surface area is 182 Å². The first-order valence-corrected chi connectivity index (χ1v) is 10.2. The van der Waals surface area contributed by atoms with E-state index in [1.54, 1.807) is 34.9 Å². The Morgan fingerprint density at radius 2 is 1.84 bits per heavy atom. The lowest BCUT2D eigenvalue weighted by atomic mass is 10.2. The highest BCUT2D eigenvalue weighted by Crippen LogP contribution is 2.11. The van der Waals surface area contributed by atoms with Gasteiger partial charge in [0.05, 0.1) is 13.2 Å².